The predicted molar refractivity (Wildman–Crippen MR) is 224 cm³/mol. The van der Waals surface area contributed by atoms with Crippen molar-refractivity contribution in [2.75, 3.05) is 19.7 Å². The van der Waals surface area contributed by atoms with Crippen LogP contribution in [0.4, 0.5) is 0 Å². The first-order valence-corrected chi connectivity index (χ1v) is 21.5. The first-order chi connectivity index (χ1) is 28.1. The number of aliphatic hydroxyl groups is 2. The molecule has 5 aromatic carbocycles. The molecular formula is C47H53N3O7S. The van der Waals surface area contributed by atoms with Crippen molar-refractivity contribution in [1.29, 1.82) is 0 Å². The third-order valence-corrected chi connectivity index (χ3v) is 12.9. The normalized spacial score (nSPS) is 21.8. The van der Waals surface area contributed by atoms with Crippen LogP contribution in [0.15, 0.2) is 132 Å². The molecule has 0 aromatic heterocycles. The average molecular weight is 804 g/mol. The predicted octanol–water partition coefficient (Wildman–Crippen LogP) is 6.61. The number of carbonyl (C=O) groups is 1. The number of ether oxygens (including phenoxy) is 2. The maximum absolute atomic E-state index is 13.8. The molecule has 2 aliphatic rings. The summed E-state index contributed by atoms with van der Waals surface area (Å²) in [6, 6.07) is 38.8. The van der Waals surface area contributed by atoms with Crippen LogP contribution in [0.1, 0.15) is 65.5 Å². The Kier molecular flexibility index (Phi) is 13.5. The second-order valence-electron chi connectivity index (χ2n) is 15.5. The number of aryl methyl sites for hydroxylation is 1. The summed E-state index contributed by atoms with van der Waals surface area (Å²) in [5.41, 5.74) is 7.23. The van der Waals surface area contributed by atoms with Crippen LogP contribution in [0.25, 0.3) is 11.1 Å². The highest BCUT2D eigenvalue weighted by molar-refractivity contribution is 7.89. The smallest absolute Gasteiger partial charge is 0.241 e. The van der Waals surface area contributed by atoms with Gasteiger partial charge in [-0.15, -0.1) is 0 Å². The summed E-state index contributed by atoms with van der Waals surface area (Å²) in [5, 5.41) is 22.7. The monoisotopic (exact) mass is 803 g/mol. The van der Waals surface area contributed by atoms with Gasteiger partial charge in [-0.1, -0.05) is 128 Å². The van der Waals surface area contributed by atoms with Gasteiger partial charge in [0.15, 0.2) is 6.29 Å². The Hall–Kier alpha value is -4.72. The lowest BCUT2D eigenvalue weighted by Crippen LogP contribution is -2.47. The van der Waals surface area contributed by atoms with Gasteiger partial charge in [0.2, 0.25) is 15.9 Å². The van der Waals surface area contributed by atoms with E-state index in [1.54, 1.807) is 24.3 Å². The lowest BCUT2D eigenvalue weighted by molar-refractivity contribution is -0.276. The number of nitrogens with zero attached hydrogens (tertiary/aromatic N) is 1. The molecule has 0 aliphatic carbocycles. The lowest BCUT2D eigenvalue weighted by atomic mass is 9.89. The third-order valence-electron chi connectivity index (χ3n) is 11.4. The molecule has 0 bridgehead atoms. The molecule has 2 fully saturated rings. The second kappa shape index (κ2) is 18.9. The summed E-state index contributed by atoms with van der Waals surface area (Å²) in [6.07, 6.45) is 1.17. The molecule has 0 spiro atoms. The van der Waals surface area contributed by atoms with Crippen molar-refractivity contribution in [3.05, 3.63) is 161 Å². The van der Waals surface area contributed by atoms with E-state index in [1.165, 1.54) is 0 Å². The minimum atomic E-state index is -3.98. The van der Waals surface area contributed by atoms with Gasteiger partial charge in [-0.3, -0.25) is 9.69 Å². The van der Waals surface area contributed by atoms with E-state index in [4.69, 9.17) is 9.47 Å². The first-order valence-electron chi connectivity index (χ1n) is 20.1. The third kappa shape index (κ3) is 9.93. The Labute approximate surface area is 341 Å². The van der Waals surface area contributed by atoms with Gasteiger partial charge in [-0.2, -0.15) is 4.72 Å². The topological polar surface area (TPSA) is 137 Å². The van der Waals surface area contributed by atoms with Crippen molar-refractivity contribution in [3.63, 3.8) is 0 Å². The van der Waals surface area contributed by atoms with Crippen LogP contribution in [0.5, 0.6) is 0 Å². The van der Waals surface area contributed by atoms with Crippen molar-refractivity contribution in [2.24, 2.45) is 5.92 Å². The number of likely N-dealkylation sites (tertiary alicyclic amines) is 1. The standard InChI is InChI=1S/C47H53N3O7S/c1-32-14-24-41(25-15-32)58(54,55)49-43(27-34-9-4-3-5-10-34)46(53)48-28-39-11-6-7-13-42(39)36-20-22-38(23-21-36)47-56-44(29-50-26-8-12-40(50)31-52)33(2)45(57-47)37-18-16-35(30-51)17-19-37/h3-7,9-11,13-25,33,40,43-45,47,49,51-52H,8,12,26-31H2,1-2H3,(H,48,53)/t33-,40-,43+,44+,45+,47+/m0/s1. The maximum Gasteiger partial charge on any atom is 0.241 e. The highest BCUT2D eigenvalue weighted by Crippen LogP contribution is 2.42. The molecule has 10 nitrogen and oxygen atoms in total. The molecule has 5 aromatic rings. The Bertz CT molecular complexity index is 2220. The van der Waals surface area contributed by atoms with Crippen molar-refractivity contribution in [3.8, 4) is 11.1 Å². The summed E-state index contributed by atoms with van der Waals surface area (Å²) in [6.45, 7) is 5.93. The molecule has 0 unspecified atom stereocenters. The summed E-state index contributed by atoms with van der Waals surface area (Å²) in [4.78, 5) is 16.2. The van der Waals surface area contributed by atoms with Crippen LogP contribution < -0.4 is 10.0 Å². The maximum atomic E-state index is 13.8. The molecule has 11 heteroatoms. The quantitative estimate of drug-likeness (QED) is 0.0929. The van der Waals surface area contributed by atoms with E-state index in [9.17, 15) is 23.4 Å². The highest BCUT2D eigenvalue weighted by Gasteiger charge is 2.40. The molecule has 58 heavy (non-hydrogen) atoms. The number of nitrogens with one attached hydrogen (secondary N) is 2. The molecule has 7 rings (SSSR count). The molecule has 2 saturated heterocycles. The Balaban J connectivity index is 1.08. The Morgan fingerprint density at radius 1 is 0.828 bits per heavy atom. The molecule has 0 saturated carbocycles. The van der Waals surface area contributed by atoms with Crippen molar-refractivity contribution in [1.82, 2.24) is 14.9 Å². The van der Waals surface area contributed by atoms with Crippen LogP contribution in [-0.2, 0) is 43.9 Å². The number of hydrogen-bond acceptors (Lipinski definition) is 8. The van der Waals surface area contributed by atoms with E-state index in [0.29, 0.717) is 6.54 Å². The molecule has 4 N–H and O–H groups in total. The second-order valence-corrected chi connectivity index (χ2v) is 17.2. The zero-order chi connectivity index (χ0) is 40.6. The van der Waals surface area contributed by atoms with Gasteiger partial charge in [-0.05, 0) is 78.2 Å². The lowest BCUT2D eigenvalue weighted by Gasteiger charge is -2.43. The van der Waals surface area contributed by atoms with Gasteiger partial charge in [0.25, 0.3) is 0 Å². The van der Waals surface area contributed by atoms with Gasteiger partial charge in [0.1, 0.15) is 6.04 Å². The van der Waals surface area contributed by atoms with E-state index in [0.717, 1.165) is 63.9 Å². The van der Waals surface area contributed by atoms with E-state index >= 15 is 0 Å². The Morgan fingerprint density at radius 2 is 1.52 bits per heavy atom. The van der Waals surface area contributed by atoms with Crippen molar-refractivity contribution < 1.29 is 32.9 Å². The zero-order valence-corrected chi connectivity index (χ0v) is 33.9. The average Bonchev–Trinajstić information content (AvgIpc) is 3.71. The molecule has 0 radical (unpaired) electrons. The number of rotatable bonds is 15. The van der Waals surface area contributed by atoms with Gasteiger partial charge < -0.3 is 25.0 Å². The van der Waals surface area contributed by atoms with E-state index in [-0.39, 0.29) is 55.2 Å². The first kappa shape index (κ1) is 41.4. The number of carbonyl (C=O) groups excluding carboxylic acids is 1. The fourth-order valence-corrected chi connectivity index (χ4v) is 9.19. The van der Waals surface area contributed by atoms with Gasteiger partial charge >= 0.3 is 0 Å². The van der Waals surface area contributed by atoms with Crippen LogP contribution in [0.2, 0.25) is 0 Å². The number of hydrogen-bond donors (Lipinski definition) is 4. The fourth-order valence-electron chi connectivity index (χ4n) is 7.99. The summed E-state index contributed by atoms with van der Waals surface area (Å²) >= 11 is 0. The summed E-state index contributed by atoms with van der Waals surface area (Å²) in [5.74, 6) is -0.400. The van der Waals surface area contributed by atoms with E-state index < -0.39 is 28.3 Å². The van der Waals surface area contributed by atoms with Crippen molar-refractivity contribution >= 4 is 15.9 Å². The minimum Gasteiger partial charge on any atom is -0.395 e. The molecule has 2 heterocycles. The Morgan fingerprint density at radius 3 is 2.22 bits per heavy atom. The largest absolute Gasteiger partial charge is 0.395 e. The minimum absolute atomic E-state index is 0.0279. The van der Waals surface area contributed by atoms with Crippen LogP contribution in [-0.4, -0.2) is 67.3 Å². The van der Waals surface area contributed by atoms with Gasteiger partial charge in [-0.25, -0.2) is 8.42 Å². The van der Waals surface area contributed by atoms with Gasteiger partial charge in [0, 0.05) is 30.6 Å². The van der Waals surface area contributed by atoms with E-state index in [1.807, 2.05) is 110 Å². The SMILES string of the molecule is Cc1ccc(S(=O)(=O)N[C@H](Cc2ccccc2)C(=O)NCc2ccccc2-c2ccc([C@@H]3O[C@H](CN4CCC[C@H]4CO)[C@H](C)[C@H](c4ccc(CO)cc4)O3)cc2)cc1. The summed E-state index contributed by atoms with van der Waals surface area (Å²) < 4.78 is 42.9. The molecule has 2 aliphatic heterocycles. The van der Waals surface area contributed by atoms with Gasteiger partial charge in [0.05, 0.1) is 30.3 Å². The number of aliphatic hydroxyl groups excluding tert-OH is 2. The van der Waals surface area contributed by atoms with Crippen molar-refractivity contribution in [2.45, 2.75) is 81.7 Å². The molecule has 1 amide bonds. The van der Waals surface area contributed by atoms with Crippen LogP contribution in [0.3, 0.4) is 0 Å². The van der Waals surface area contributed by atoms with E-state index in [2.05, 4.69) is 21.9 Å². The number of amides is 1. The number of sulfonamides is 1. The zero-order valence-electron chi connectivity index (χ0n) is 33.0. The number of benzene rings is 5. The van der Waals surface area contributed by atoms with Crippen LogP contribution in [0, 0.1) is 12.8 Å². The molecule has 304 valence electrons. The van der Waals surface area contributed by atoms with Crippen LogP contribution >= 0.6 is 0 Å². The molecule has 6 atom stereocenters. The molecular weight excluding hydrogens is 751 g/mol. The fraction of sp³-hybridized carbons (Fsp3) is 0.340. The summed E-state index contributed by atoms with van der Waals surface area (Å²) in [7, 11) is -3.98. The highest BCUT2D eigenvalue weighted by atomic mass is 32.2.